The summed E-state index contributed by atoms with van der Waals surface area (Å²) >= 11 is 0. The van der Waals surface area contributed by atoms with Gasteiger partial charge in [-0.05, 0) is 17.9 Å². The van der Waals surface area contributed by atoms with Crippen molar-refractivity contribution in [2.24, 2.45) is 11.7 Å². The van der Waals surface area contributed by atoms with Crippen LogP contribution in [0.4, 0.5) is 0 Å². The summed E-state index contributed by atoms with van der Waals surface area (Å²) in [6.07, 6.45) is 1.13. The Hall–Kier alpha value is -0.860. The van der Waals surface area contributed by atoms with Crippen LogP contribution in [-0.2, 0) is 4.74 Å². The van der Waals surface area contributed by atoms with Crippen molar-refractivity contribution in [3.63, 3.8) is 0 Å². The number of benzene rings is 1. The van der Waals surface area contributed by atoms with Crippen molar-refractivity contribution in [3.05, 3.63) is 35.9 Å². The summed E-state index contributed by atoms with van der Waals surface area (Å²) in [4.78, 5) is 0. The van der Waals surface area contributed by atoms with Crippen LogP contribution in [0.2, 0.25) is 0 Å². The van der Waals surface area contributed by atoms with Gasteiger partial charge in [-0.2, -0.15) is 0 Å². The van der Waals surface area contributed by atoms with Crippen molar-refractivity contribution >= 4 is 0 Å². The molecule has 1 rings (SSSR count). The fraction of sp³-hybridized carbons (Fsp3) is 0.538. The molecule has 0 saturated carbocycles. The summed E-state index contributed by atoms with van der Waals surface area (Å²) < 4.78 is 5.76. The van der Waals surface area contributed by atoms with E-state index in [9.17, 15) is 0 Å². The summed E-state index contributed by atoms with van der Waals surface area (Å²) in [6.45, 7) is 5.73. The largest absolute Gasteiger partial charge is 0.372 e. The van der Waals surface area contributed by atoms with Gasteiger partial charge in [0.2, 0.25) is 0 Å². The Morgan fingerprint density at radius 3 is 2.40 bits per heavy atom. The second kappa shape index (κ2) is 6.59. The molecule has 0 aromatic heterocycles. The SMILES string of the molecule is CC(C)CCOC(CN)c1ccccc1. The van der Waals surface area contributed by atoms with E-state index in [1.54, 1.807) is 0 Å². The molecule has 0 bridgehead atoms. The standard InChI is InChI=1S/C13H21NO/c1-11(2)8-9-15-13(10-14)12-6-4-3-5-7-12/h3-7,11,13H,8-10,14H2,1-2H3. The van der Waals surface area contributed by atoms with E-state index >= 15 is 0 Å². The molecule has 0 spiro atoms. The molecule has 0 amide bonds. The zero-order valence-electron chi connectivity index (χ0n) is 9.65. The Bertz CT molecular complexity index is 258. The van der Waals surface area contributed by atoms with Gasteiger partial charge in [0.15, 0.2) is 0 Å². The Balaban J connectivity index is 2.43. The molecule has 2 heteroatoms. The maximum absolute atomic E-state index is 5.76. The molecule has 1 atom stereocenters. The van der Waals surface area contributed by atoms with Gasteiger partial charge in [0.05, 0.1) is 6.10 Å². The Labute approximate surface area is 92.4 Å². The van der Waals surface area contributed by atoms with Crippen molar-refractivity contribution in [2.75, 3.05) is 13.2 Å². The van der Waals surface area contributed by atoms with E-state index in [0.29, 0.717) is 12.5 Å². The molecule has 0 radical (unpaired) electrons. The van der Waals surface area contributed by atoms with Crippen LogP contribution >= 0.6 is 0 Å². The van der Waals surface area contributed by atoms with E-state index in [1.165, 1.54) is 5.56 Å². The van der Waals surface area contributed by atoms with E-state index in [0.717, 1.165) is 13.0 Å². The van der Waals surface area contributed by atoms with Crippen molar-refractivity contribution in [1.82, 2.24) is 0 Å². The summed E-state index contributed by atoms with van der Waals surface area (Å²) in [7, 11) is 0. The third kappa shape index (κ3) is 4.45. The number of rotatable bonds is 6. The quantitative estimate of drug-likeness (QED) is 0.778. The normalized spacial score (nSPS) is 13.1. The highest BCUT2D eigenvalue weighted by molar-refractivity contribution is 5.17. The van der Waals surface area contributed by atoms with Crippen molar-refractivity contribution in [1.29, 1.82) is 0 Å². The van der Waals surface area contributed by atoms with Crippen molar-refractivity contribution in [3.8, 4) is 0 Å². The minimum absolute atomic E-state index is 0.0462. The molecular formula is C13H21NO. The fourth-order valence-electron chi connectivity index (χ4n) is 1.41. The first-order valence-corrected chi connectivity index (χ1v) is 5.60. The number of ether oxygens (including phenoxy) is 1. The highest BCUT2D eigenvalue weighted by atomic mass is 16.5. The van der Waals surface area contributed by atoms with Crippen LogP contribution in [0.15, 0.2) is 30.3 Å². The Morgan fingerprint density at radius 2 is 1.87 bits per heavy atom. The van der Waals surface area contributed by atoms with Crippen molar-refractivity contribution < 1.29 is 4.74 Å². The van der Waals surface area contributed by atoms with Crippen LogP contribution in [0.5, 0.6) is 0 Å². The van der Waals surface area contributed by atoms with Gasteiger partial charge in [0.25, 0.3) is 0 Å². The van der Waals surface area contributed by atoms with Crippen LogP contribution in [0.1, 0.15) is 31.9 Å². The second-order valence-corrected chi connectivity index (χ2v) is 4.19. The summed E-state index contributed by atoms with van der Waals surface area (Å²) in [5.41, 5.74) is 6.87. The second-order valence-electron chi connectivity index (χ2n) is 4.19. The minimum atomic E-state index is 0.0462. The van der Waals surface area contributed by atoms with Gasteiger partial charge in [-0.15, -0.1) is 0 Å². The number of nitrogens with two attached hydrogens (primary N) is 1. The predicted molar refractivity (Wildman–Crippen MR) is 63.6 cm³/mol. The van der Waals surface area contributed by atoms with E-state index < -0.39 is 0 Å². The first kappa shape index (κ1) is 12.2. The van der Waals surface area contributed by atoms with Crippen LogP contribution in [0.25, 0.3) is 0 Å². The van der Waals surface area contributed by atoms with Gasteiger partial charge in [-0.25, -0.2) is 0 Å². The van der Waals surface area contributed by atoms with Crippen LogP contribution in [-0.4, -0.2) is 13.2 Å². The lowest BCUT2D eigenvalue weighted by Crippen LogP contribution is -2.16. The van der Waals surface area contributed by atoms with Gasteiger partial charge >= 0.3 is 0 Å². The first-order valence-electron chi connectivity index (χ1n) is 5.60. The Kier molecular flexibility index (Phi) is 5.37. The molecule has 1 unspecified atom stereocenters. The molecule has 1 aromatic rings. The lowest BCUT2D eigenvalue weighted by Gasteiger charge is -2.17. The molecule has 0 aliphatic carbocycles. The van der Waals surface area contributed by atoms with Gasteiger partial charge in [0, 0.05) is 13.2 Å². The lowest BCUT2D eigenvalue weighted by atomic mass is 10.1. The molecule has 0 heterocycles. The number of hydrogen-bond acceptors (Lipinski definition) is 2. The minimum Gasteiger partial charge on any atom is -0.372 e. The number of hydrogen-bond donors (Lipinski definition) is 1. The van der Waals surface area contributed by atoms with Gasteiger partial charge in [-0.1, -0.05) is 44.2 Å². The topological polar surface area (TPSA) is 35.2 Å². The molecule has 15 heavy (non-hydrogen) atoms. The smallest absolute Gasteiger partial charge is 0.0947 e. The molecular weight excluding hydrogens is 186 g/mol. The van der Waals surface area contributed by atoms with Crippen LogP contribution < -0.4 is 5.73 Å². The highest BCUT2D eigenvalue weighted by Gasteiger charge is 2.09. The molecule has 1 aromatic carbocycles. The van der Waals surface area contributed by atoms with E-state index in [2.05, 4.69) is 26.0 Å². The van der Waals surface area contributed by atoms with Gasteiger partial charge in [-0.3, -0.25) is 0 Å². The van der Waals surface area contributed by atoms with Crippen LogP contribution in [0, 0.1) is 5.92 Å². The lowest BCUT2D eigenvalue weighted by molar-refractivity contribution is 0.0515. The Morgan fingerprint density at radius 1 is 1.20 bits per heavy atom. The van der Waals surface area contributed by atoms with Gasteiger partial charge in [0.1, 0.15) is 0 Å². The third-order valence-corrected chi connectivity index (χ3v) is 2.40. The molecule has 0 aliphatic rings. The highest BCUT2D eigenvalue weighted by Crippen LogP contribution is 2.16. The van der Waals surface area contributed by atoms with E-state index in [1.807, 2.05) is 18.2 Å². The molecule has 0 fully saturated rings. The average molecular weight is 207 g/mol. The average Bonchev–Trinajstić information content (AvgIpc) is 2.25. The molecule has 0 saturated heterocycles. The maximum atomic E-state index is 5.76. The molecule has 2 N–H and O–H groups in total. The summed E-state index contributed by atoms with van der Waals surface area (Å²) in [5, 5.41) is 0. The maximum Gasteiger partial charge on any atom is 0.0947 e. The zero-order valence-corrected chi connectivity index (χ0v) is 9.65. The summed E-state index contributed by atoms with van der Waals surface area (Å²) in [6, 6.07) is 10.2. The zero-order chi connectivity index (χ0) is 11.1. The third-order valence-electron chi connectivity index (χ3n) is 2.40. The molecule has 0 aliphatic heterocycles. The first-order chi connectivity index (χ1) is 7.24. The summed E-state index contributed by atoms with van der Waals surface area (Å²) in [5.74, 6) is 0.680. The molecule has 84 valence electrons. The molecule has 2 nitrogen and oxygen atoms in total. The van der Waals surface area contributed by atoms with E-state index in [-0.39, 0.29) is 6.10 Å². The monoisotopic (exact) mass is 207 g/mol. The van der Waals surface area contributed by atoms with E-state index in [4.69, 9.17) is 10.5 Å². The van der Waals surface area contributed by atoms with Gasteiger partial charge < -0.3 is 10.5 Å². The predicted octanol–water partition coefficient (Wildman–Crippen LogP) is 2.75. The van der Waals surface area contributed by atoms with Crippen LogP contribution in [0.3, 0.4) is 0 Å². The fourth-order valence-corrected chi connectivity index (χ4v) is 1.41. The van der Waals surface area contributed by atoms with Crippen molar-refractivity contribution in [2.45, 2.75) is 26.4 Å².